The van der Waals surface area contributed by atoms with Crippen LogP contribution >= 0.6 is 15.9 Å². The average Bonchev–Trinajstić information content (AvgIpc) is 3.01. The first-order chi connectivity index (χ1) is 9.79. The molecule has 3 rings (SSSR count). The zero-order valence-corrected chi connectivity index (χ0v) is 12.6. The third-order valence-electron chi connectivity index (χ3n) is 3.25. The van der Waals surface area contributed by atoms with Gasteiger partial charge in [-0.15, -0.1) is 10.2 Å². The SMILES string of the molecule is Cc1cc(CBr)ccc1-c1ccccc1-c1nn[nH]n1. The van der Waals surface area contributed by atoms with E-state index in [-0.39, 0.29) is 0 Å². The summed E-state index contributed by atoms with van der Waals surface area (Å²) < 4.78 is 0. The first kappa shape index (κ1) is 13.0. The molecule has 0 bridgehead atoms. The average molecular weight is 329 g/mol. The molecule has 2 aromatic carbocycles. The van der Waals surface area contributed by atoms with E-state index in [1.54, 1.807) is 0 Å². The van der Waals surface area contributed by atoms with Gasteiger partial charge in [0.05, 0.1) is 0 Å². The van der Waals surface area contributed by atoms with Crippen LogP contribution in [-0.2, 0) is 5.33 Å². The molecule has 0 aliphatic heterocycles. The molecule has 100 valence electrons. The molecule has 20 heavy (non-hydrogen) atoms. The van der Waals surface area contributed by atoms with Crippen LogP contribution in [0.1, 0.15) is 11.1 Å². The van der Waals surface area contributed by atoms with Gasteiger partial charge in [-0.1, -0.05) is 58.4 Å². The molecule has 0 amide bonds. The van der Waals surface area contributed by atoms with E-state index < -0.39 is 0 Å². The number of H-pyrrole nitrogens is 1. The van der Waals surface area contributed by atoms with Gasteiger partial charge in [0.25, 0.3) is 0 Å². The minimum Gasteiger partial charge on any atom is -0.177 e. The monoisotopic (exact) mass is 328 g/mol. The molecule has 0 saturated heterocycles. The maximum absolute atomic E-state index is 4.08. The Labute approximate surface area is 125 Å². The van der Waals surface area contributed by atoms with E-state index >= 15 is 0 Å². The van der Waals surface area contributed by atoms with Crippen molar-refractivity contribution in [2.45, 2.75) is 12.3 Å². The van der Waals surface area contributed by atoms with Gasteiger partial charge < -0.3 is 0 Å². The predicted octanol–water partition coefficient (Wildman–Crippen LogP) is 3.74. The number of aryl methyl sites for hydroxylation is 1. The number of hydrogen-bond acceptors (Lipinski definition) is 3. The van der Waals surface area contributed by atoms with Gasteiger partial charge in [-0.3, -0.25) is 0 Å². The lowest BCUT2D eigenvalue weighted by Gasteiger charge is -2.11. The highest BCUT2D eigenvalue weighted by Gasteiger charge is 2.12. The Kier molecular flexibility index (Phi) is 3.60. The Morgan fingerprint density at radius 2 is 1.85 bits per heavy atom. The summed E-state index contributed by atoms with van der Waals surface area (Å²) in [4.78, 5) is 0. The normalized spacial score (nSPS) is 10.7. The molecular weight excluding hydrogens is 316 g/mol. The molecule has 0 spiro atoms. The molecule has 1 N–H and O–H groups in total. The fourth-order valence-corrected chi connectivity index (χ4v) is 2.65. The van der Waals surface area contributed by atoms with Crippen molar-refractivity contribution in [1.29, 1.82) is 0 Å². The van der Waals surface area contributed by atoms with Gasteiger partial charge in [0.15, 0.2) is 0 Å². The number of nitrogens with zero attached hydrogens (tertiary/aromatic N) is 3. The molecule has 0 aliphatic rings. The molecular formula is C15H13BrN4. The summed E-state index contributed by atoms with van der Waals surface area (Å²) in [5, 5.41) is 15.2. The van der Waals surface area contributed by atoms with E-state index in [9.17, 15) is 0 Å². The van der Waals surface area contributed by atoms with Crippen LogP contribution in [0.25, 0.3) is 22.5 Å². The standard InChI is InChI=1S/C15H13BrN4/c1-10-8-11(9-16)6-7-12(10)13-4-2-3-5-14(13)15-17-19-20-18-15/h2-8H,9H2,1H3,(H,17,18,19,20). The van der Waals surface area contributed by atoms with Gasteiger partial charge in [-0.25, -0.2) is 0 Å². The Morgan fingerprint density at radius 3 is 2.50 bits per heavy atom. The minimum absolute atomic E-state index is 0.615. The Morgan fingerprint density at radius 1 is 1.05 bits per heavy atom. The second-order valence-corrected chi connectivity index (χ2v) is 5.12. The highest BCUT2D eigenvalue weighted by molar-refractivity contribution is 9.08. The van der Waals surface area contributed by atoms with E-state index in [1.165, 1.54) is 16.7 Å². The molecule has 0 radical (unpaired) electrons. The van der Waals surface area contributed by atoms with Crippen LogP contribution in [0, 0.1) is 6.92 Å². The molecule has 5 heteroatoms. The lowest BCUT2D eigenvalue weighted by atomic mass is 9.94. The van der Waals surface area contributed by atoms with Gasteiger partial charge in [-0.2, -0.15) is 5.21 Å². The van der Waals surface area contributed by atoms with Crippen LogP contribution in [-0.4, -0.2) is 20.6 Å². The molecule has 1 aromatic heterocycles. The summed E-state index contributed by atoms with van der Waals surface area (Å²) in [6.45, 7) is 2.12. The van der Waals surface area contributed by atoms with E-state index in [0.717, 1.165) is 16.5 Å². The Hall–Kier alpha value is -2.01. The lowest BCUT2D eigenvalue weighted by Crippen LogP contribution is -1.91. The quantitative estimate of drug-likeness (QED) is 0.745. The second-order valence-electron chi connectivity index (χ2n) is 4.56. The molecule has 1 heterocycles. The van der Waals surface area contributed by atoms with E-state index in [4.69, 9.17) is 0 Å². The number of nitrogens with one attached hydrogen (secondary N) is 1. The Balaban J connectivity index is 2.16. The lowest BCUT2D eigenvalue weighted by molar-refractivity contribution is 0.881. The van der Waals surface area contributed by atoms with Crippen molar-refractivity contribution < 1.29 is 0 Å². The van der Waals surface area contributed by atoms with Crippen LogP contribution in [0.2, 0.25) is 0 Å². The molecule has 4 nitrogen and oxygen atoms in total. The van der Waals surface area contributed by atoms with Gasteiger partial charge in [-0.05, 0) is 34.4 Å². The Bertz CT molecular complexity index is 722. The van der Waals surface area contributed by atoms with Crippen molar-refractivity contribution >= 4 is 15.9 Å². The van der Waals surface area contributed by atoms with Crippen LogP contribution in [0.4, 0.5) is 0 Å². The third kappa shape index (κ3) is 2.36. The topological polar surface area (TPSA) is 54.5 Å². The molecule has 3 aromatic rings. The summed E-state index contributed by atoms with van der Waals surface area (Å²) in [6, 6.07) is 14.6. The van der Waals surface area contributed by atoms with E-state index in [0.29, 0.717) is 5.82 Å². The maximum atomic E-state index is 4.08. The minimum atomic E-state index is 0.615. The number of aromatic nitrogens is 4. The number of alkyl halides is 1. The fourth-order valence-electron chi connectivity index (χ4n) is 2.30. The number of tetrazole rings is 1. The van der Waals surface area contributed by atoms with Crippen LogP contribution < -0.4 is 0 Å². The summed E-state index contributed by atoms with van der Waals surface area (Å²) >= 11 is 3.49. The number of rotatable bonds is 3. The molecule has 0 saturated carbocycles. The molecule has 0 fully saturated rings. The molecule has 0 aliphatic carbocycles. The summed E-state index contributed by atoms with van der Waals surface area (Å²) in [5.41, 5.74) is 5.79. The maximum Gasteiger partial charge on any atom is 0.205 e. The van der Waals surface area contributed by atoms with Crippen molar-refractivity contribution in [2.75, 3.05) is 0 Å². The first-order valence-electron chi connectivity index (χ1n) is 6.28. The second kappa shape index (κ2) is 5.54. The fraction of sp³-hybridized carbons (Fsp3) is 0.133. The first-order valence-corrected chi connectivity index (χ1v) is 7.40. The largest absolute Gasteiger partial charge is 0.205 e. The zero-order chi connectivity index (χ0) is 13.9. The highest BCUT2D eigenvalue weighted by atomic mass is 79.9. The van der Waals surface area contributed by atoms with Gasteiger partial charge in [0.2, 0.25) is 5.82 Å². The number of benzene rings is 2. The van der Waals surface area contributed by atoms with Gasteiger partial charge in [0, 0.05) is 10.9 Å². The van der Waals surface area contributed by atoms with Crippen molar-refractivity contribution in [2.24, 2.45) is 0 Å². The molecule has 0 unspecified atom stereocenters. The summed E-state index contributed by atoms with van der Waals surface area (Å²) in [5.74, 6) is 0.615. The van der Waals surface area contributed by atoms with Crippen molar-refractivity contribution in [1.82, 2.24) is 20.6 Å². The third-order valence-corrected chi connectivity index (χ3v) is 3.90. The highest BCUT2D eigenvalue weighted by Crippen LogP contribution is 2.32. The van der Waals surface area contributed by atoms with Gasteiger partial charge >= 0.3 is 0 Å². The van der Waals surface area contributed by atoms with Crippen LogP contribution in [0.5, 0.6) is 0 Å². The van der Waals surface area contributed by atoms with E-state index in [2.05, 4.69) is 67.7 Å². The van der Waals surface area contributed by atoms with Crippen molar-refractivity contribution in [3.05, 3.63) is 53.6 Å². The van der Waals surface area contributed by atoms with Crippen molar-refractivity contribution in [3.8, 4) is 22.5 Å². The van der Waals surface area contributed by atoms with Gasteiger partial charge in [0.1, 0.15) is 0 Å². The zero-order valence-electron chi connectivity index (χ0n) is 11.0. The number of hydrogen-bond donors (Lipinski definition) is 1. The summed E-state index contributed by atoms with van der Waals surface area (Å²) in [6.07, 6.45) is 0. The van der Waals surface area contributed by atoms with E-state index in [1.807, 2.05) is 18.2 Å². The van der Waals surface area contributed by atoms with Crippen molar-refractivity contribution in [3.63, 3.8) is 0 Å². The summed E-state index contributed by atoms with van der Waals surface area (Å²) in [7, 11) is 0. The number of halogens is 1. The van der Waals surface area contributed by atoms with Crippen LogP contribution in [0.15, 0.2) is 42.5 Å². The van der Waals surface area contributed by atoms with Crippen LogP contribution in [0.3, 0.4) is 0 Å². The number of aromatic amines is 1. The molecule has 0 atom stereocenters. The predicted molar refractivity (Wildman–Crippen MR) is 82.4 cm³/mol. The smallest absolute Gasteiger partial charge is 0.177 e.